The maximum atomic E-state index is 5.38. The Labute approximate surface area is 122 Å². The largest absolute Gasteiger partial charge is 0.399 e. The topological polar surface area (TPSA) is 104 Å². The Morgan fingerprint density at radius 2 is 0.800 bits per heavy atom. The smallest absolute Gasteiger partial charge is 0.0334 e. The highest BCUT2D eigenvalue weighted by molar-refractivity contribution is 5.50. The Kier molecular flexibility index (Phi) is 13.1. The summed E-state index contributed by atoms with van der Waals surface area (Å²) >= 11 is 0. The highest BCUT2D eigenvalue weighted by atomic mass is 14.6. The third-order valence-electron chi connectivity index (χ3n) is 1.85. The van der Waals surface area contributed by atoms with Crippen LogP contribution in [0.4, 0.5) is 22.7 Å². The molecular weight excluding hydrogens is 248 g/mol. The van der Waals surface area contributed by atoms with Crippen LogP contribution in [-0.2, 0) is 0 Å². The van der Waals surface area contributed by atoms with E-state index in [1.165, 1.54) is 0 Å². The van der Waals surface area contributed by atoms with Gasteiger partial charge in [-0.05, 0) is 42.5 Å². The van der Waals surface area contributed by atoms with Crippen LogP contribution in [-0.4, -0.2) is 0 Å². The third-order valence-corrected chi connectivity index (χ3v) is 1.85. The fraction of sp³-hybridized carbons (Fsp3) is 0.250. The van der Waals surface area contributed by atoms with E-state index < -0.39 is 0 Å². The molecule has 2 rings (SSSR count). The number of hydrogen-bond acceptors (Lipinski definition) is 4. The minimum atomic E-state index is 0.713. The molecule has 2 aromatic carbocycles. The van der Waals surface area contributed by atoms with Gasteiger partial charge in [-0.1, -0.05) is 33.8 Å². The predicted molar refractivity (Wildman–Crippen MR) is 93.2 cm³/mol. The molecule has 0 unspecified atom stereocenters. The van der Waals surface area contributed by atoms with Crippen molar-refractivity contribution in [3.63, 3.8) is 0 Å². The minimum absolute atomic E-state index is 0.713. The summed E-state index contributed by atoms with van der Waals surface area (Å²) in [7, 11) is 0. The molecule has 4 heteroatoms. The van der Waals surface area contributed by atoms with Gasteiger partial charge in [-0.2, -0.15) is 0 Å². The lowest BCUT2D eigenvalue weighted by Crippen LogP contribution is -1.87. The highest BCUT2D eigenvalue weighted by Gasteiger charge is 1.82. The van der Waals surface area contributed by atoms with Crippen molar-refractivity contribution in [3.8, 4) is 0 Å². The Morgan fingerprint density at radius 1 is 0.500 bits per heavy atom. The summed E-state index contributed by atoms with van der Waals surface area (Å²) in [6.45, 7) is 8.00. The average Bonchev–Trinajstić information content (AvgIpc) is 2.47. The van der Waals surface area contributed by atoms with Crippen molar-refractivity contribution in [1.82, 2.24) is 0 Å². The zero-order valence-corrected chi connectivity index (χ0v) is 12.9. The number of nitrogens with two attached hydrogens (primary N) is 4. The van der Waals surface area contributed by atoms with E-state index in [0.29, 0.717) is 11.4 Å². The van der Waals surface area contributed by atoms with Crippen LogP contribution in [0.5, 0.6) is 0 Å². The van der Waals surface area contributed by atoms with Gasteiger partial charge in [0, 0.05) is 22.7 Å². The molecule has 8 N–H and O–H groups in total. The summed E-state index contributed by atoms with van der Waals surface area (Å²) in [6.07, 6.45) is 0. The van der Waals surface area contributed by atoms with Crippen LogP contribution < -0.4 is 22.9 Å². The van der Waals surface area contributed by atoms with Gasteiger partial charge in [0.05, 0.1) is 0 Å². The number of anilines is 4. The summed E-state index contributed by atoms with van der Waals surface area (Å²) < 4.78 is 0. The van der Waals surface area contributed by atoms with E-state index in [1.54, 1.807) is 42.5 Å². The minimum Gasteiger partial charge on any atom is -0.399 e. The van der Waals surface area contributed by atoms with Crippen molar-refractivity contribution < 1.29 is 0 Å². The zero-order chi connectivity index (χ0) is 16.0. The van der Waals surface area contributed by atoms with Crippen molar-refractivity contribution in [2.24, 2.45) is 0 Å². The predicted octanol–water partition coefficient (Wildman–Crippen LogP) is 3.75. The van der Waals surface area contributed by atoms with Crippen LogP contribution in [0, 0.1) is 0 Å². The fourth-order valence-electron chi connectivity index (χ4n) is 1.06. The lowest BCUT2D eigenvalue weighted by Gasteiger charge is -1.91. The Balaban J connectivity index is 0. The van der Waals surface area contributed by atoms with Crippen LogP contribution in [0.25, 0.3) is 0 Å². The number of rotatable bonds is 0. The van der Waals surface area contributed by atoms with Gasteiger partial charge in [-0.3, -0.25) is 0 Å². The molecule has 0 bridgehead atoms. The van der Waals surface area contributed by atoms with E-state index in [4.69, 9.17) is 22.9 Å². The van der Waals surface area contributed by atoms with E-state index in [2.05, 4.69) is 0 Å². The normalized spacial score (nSPS) is 7.80. The number of nitrogen functional groups attached to an aromatic ring is 4. The third kappa shape index (κ3) is 10.8. The summed E-state index contributed by atoms with van der Waals surface area (Å²) in [5, 5.41) is 0. The van der Waals surface area contributed by atoms with Gasteiger partial charge in [-0.25, -0.2) is 0 Å². The summed E-state index contributed by atoms with van der Waals surface area (Å²) in [5.41, 5.74) is 24.4. The quantitative estimate of drug-likeness (QED) is 0.550. The van der Waals surface area contributed by atoms with Gasteiger partial charge in [0.1, 0.15) is 0 Å². The maximum absolute atomic E-state index is 5.38. The monoisotopic (exact) mass is 276 g/mol. The zero-order valence-electron chi connectivity index (χ0n) is 12.9. The second kappa shape index (κ2) is 13.1. The maximum Gasteiger partial charge on any atom is 0.0334 e. The highest BCUT2D eigenvalue weighted by Crippen LogP contribution is 2.06. The van der Waals surface area contributed by atoms with E-state index in [-0.39, 0.29) is 0 Å². The van der Waals surface area contributed by atoms with Gasteiger partial charge in [0.15, 0.2) is 0 Å². The van der Waals surface area contributed by atoms with Gasteiger partial charge in [0.25, 0.3) is 0 Å². The van der Waals surface area contributed by atoms with Crippen LogP contribution in [0.15, 0.2) is 48.5 Å². The van der Waals surface area contributed by atoms with E-state index >= 15 is 0 Å². The van der Waals surface area contributed by atoms with Crippen LogP contribution in [0.2, 0.25) is 0 Å². The SMILES string of the molecule is CC.CC.Nc1ccc(N)cc1.Nc1cccc(N)c1. The van der Waals surface area contributed by atoms with Crippen LogP contribution in [0.3, 0.4) is 0 Å². The van der Waals surface area contributed by atoms with E-state index in [0.717, 1.165) is 11.4 Å². The molecule has 0 atom stereocenters. The van der Waals surface area contributed by atoms with Crippen molar-refractivity contribution in [1.29, 1.82) is 0 Å². The van der Waals surface area contributed by atoms with Gasteiger partial charge >= 0.3 is 0 Å². The van der Waals surface area contributed by atoms with E-state index in [9.17, 15) is 0 Å². The first kappa shape index (κ1) is 20.0. The van der Waals surface area contributed by atoms with Gasteiger partial charge < -0.3 is 22.9 Å². The lowest BCUT2D eigenvalue weighted by atomic mass is 10.3. The molecule has 0 fully saturated rings. The number of hydrogen-bond donors (Lipinski definition) is 4. The molecule has 0 radical (unpaired) electrons. The number of benzene rings is 2. The Bertz CT molecular complexity index is 400. The summed E-state index contributed by atoms with van der Waals surface area (Å²) in [6, 6.07) is 14.2. The molecular formula is C16H28N4. The molecule has 0 aliphatic heterocycles. The van der Waals surface area contributed by atoms with Crippen molar-refractivity contribution in [3.05, 3.63) is 48.5 Å². The van der Waals surface area contributed by atoms with Gasteiger partial charge in [-0.15, -0.1) is 0 Å². The molecule has 2 aromatic rings. The summed E-state index contributed by atoms with van der Waals surface area (Å²) in [4.78, 5) is 0. The van der Waals surface area contributed by atoms with Crippen LogP contribution >= 0.6 is 0 Å². The standard InChI is InChI=1S/2C6H8N2.2C2H6/c7-5-1-2-6(8)4-3-5;7-5-2-1-3-6(8)4-5;2*1-2/h2*1-4H,7-8H2;2*1-2H3. The fourth-order valence-corrected chi connectivity index (χ4v) is 1.06. The van der Waals surface area contributed by atoms with Crippen molar-refractivity contribution in [2.75, 3.05) is 22.9 Å². The van der Waals surface area contributed by atoms with Crippen LogP contribution in [0.1, 0.15) is 27.7 Å². The molecule has 0 amide bonds. The first-order chi connectivity index (χ1) is 9.58. The molecule has 20 heavy (non-hydrogen) atoms. The van der Waals surface area contributed by atoms with E-state index in [1.807, 2.05) is 33.8 Å². The molecule has 0 saturated carbocycles. The Morgan fingerprint density at radius 3 is 1.00 bits per heavy atom. The second-order valence-electron chi connectivity index (χ2n) is 3.34. The molecule has 0 saturated heterocycles. The molecule has 0 heterocycles. The molecule has 4 nitrogen and oxygen atoms in total. The summed E-state index contributed by atoms with van der Waals surface area (Å²) in [5.74, 6) is 0. The lowest BCUT2D eigenvalue weighted by molar-refractivity contribution is 1.50. The van der Waals surface area contributed by atoms with Crippen molar-refractivity contribution in [2.45, 2.75) is 27.7 Å². The molecule has 112 valence electrons. The first-order valence-corrected chi connectivity index (χ1v) is 6.80. The molecule has 0 spiro atoms. The van der Waals surface area contributed by atoms with Gasteiger partial charge in [0.2, 0.25) is 0 Å². The molecule has 0 aliphatic carbocycles. The molecule has 0 aliphatic rings. The second-order valence-corrected chi connectivity index (χ2v) is 3.34. The van der Waals surface area contributed by atoms with Crippen molar-refractivity contribution >= 4 is 22.7 Å². The Hall–Kier alpha value is -2.36. The average molecular weight is 276 g/mol. The molecule has 0 aromatic heterocycles. The first-order valence-electron chi connectivity index (χ1n) is 6.80.